The number of aliphatic hydroxyl groups is 2. The van der Waals surface area contributed by atoms with Crippen LogP contribution in [0.25, 0.3) is 0 Å². The number of allylic oxidation sites excluding steroid dienone is 1. The Bertz CT molecular complexity index is 595. The van der Waals surface area contributed by atoms with Gasteiger partial charge in [0.15, 0.2) is 5.79 Å². The smallest absolute Gasteiger partial charge is 0.174 e. The number of hydrogen-bond donors (Lipinski definition) is 2. The minimum atomic E-state index is -0.461. The predicted molar refractivity (Wildman–Crippen MR) is 93.7 cm³/mol. The zero-order chi connectivity index (χ0) is 17.4. The third kappa shape index (κ3) is 2.03. The van der Waals surface area contributed by atoms with Crippen LogP contribution in [-0.4, -0.2) is 41.4 Å². The summed E-state index contributed by atoms with van der Waals surface area (Å²) in [6.45, 7) is 6.03. The molecule has 0 aromatic heterocycles. The molecule has 0 aromatic carbocycles. The molecule has 4 aliphatic carbocycles. The van der Waals surface area contributed by atoms with Crippen LogP contribution in [0.3, 0.4) is 0 Å². The van der Waals surface area contributed by atoms with Gasteiger partial charge in [-0.05, 0) is 61.7 Å². The third-order valence-corrected chi connectivity index (χ3v) is 8.81. The zero-order valence-corrected chi connectivity index (χ0v) is 15.5. The third-order valence-electron chi connectivity index (χ3n) is 8.81. The van der Waals surface area contributed by atoms with E-state index < -0.39 is 5.79 Å². The van der Waals surface area contributed by atoms with Gasteiger partial charge in [-0.15, -0.1) is 0 Å². The normalized spacial score (nSPS) is 53.9. The molecule has 0 bridgehead atoms. The van der Waals surface area contributed by atoms with E-state index in [9.17, 15) is 10.2 Å². The van der Waals surface area contributed by atoms with Crippen LogP contribution in [0.1, 0.15) is 58.8 Å². The summed E-state index contributed by atoms with van der Waals surface area (Å²) >= 11 is 0. The van der Waals surface area contributed by atoms with Crippen molar-refractivity contribution < 1.29 is 19.7 Å². The Hall–Kier alpha value is -0.420. The number of fused-ring (bicyclic) bond motifs is 6. The summed E-state index contributed by atoms with van der Waals surface area (Å²) in [7, 11) is 0. The number of rotatable bonds is 0. The monoisotopic (exact) mass is 348 g/mol. The van der Waals surface area contributed by atoms with E-state index >= 15 is 0 Å². The molecule has 4 fully saturated rings. The van der Waals surface area contributed by atoms with E-state index in [0.717, 1.165) is 44.9 Å². The summed E-state index contributed by atoms with van der Waals surface area (Å²) in [5.41, 5.74) is 1.37. The number of hydrogen-bond acceptors (Lipinski definition) is 4. The van der Waals surface area contributed by atoms with Crippen LogP contribution in [0.2, 0.25) is 0 Å². The Labute approximate surface area is 150 Å². The molecule has 3 saturated carbocycles. The molecule has 2 N–H and O–H groups in total. The molecular weight excluding hydrogens is 316 g/mol. The molecule has 0 amide bonds. The van der Waals surface area contributed by atoms with Crippen LogP contribution in [0.15, 0.2) is 11.6 Å². The lowest BCUT2D eigenvalue weighted by Gasteiger charge is -2.60. The fourth-order valence-corrected chi connectivity index (χ4v) is 7.65. The topological polar surface area (TPSA) is 58.9 Å². The molecule has 1 spiro atoms. The molecule has 1 heterocycles. The van der Waals surface area contributed by atoms with Crippen LogP contribution >= 0.6 is 0 Å². The first-order valence-electron chi connectivity index (χ1n) is 10.2. The van der Waals surface area contributed by atoms with E-state index in [4.69, 9.17) is 9.47 Å². The maximum Gasteiger partial charge on any atom is 0.174 e. The highest BCUT2D eigenvalue weighted by Crippen LogP contribution is 2.68. The lowest BCUT2D eigenvalue weighted by atomic mass is 9.46. The van der Waals surface area contributed by atoms with Crippen LogP contribution in [0.4, 0.5) is 0 Å². The summed E-state index contributed by atoms with van der Waals surface area (Å²) in [5, 5.41) is 21.4. The summed E-state index contributed by atoms with van der Waals surface area (Å²) in [6.07, 6.45) is 8.49. The zero-order valence-electron chi connectivity index (χ0n) is 15.5. The van der Waals surface area contributed by atoms with Crippen molar-refractivity contribution >= 4 is 0 Å². The SMILES string of the molecule is C[C@]12CC[C@H](O)CC1=CCC1C2C(O)C[C@@]2(C)C1CCC21OCCO1. The van der Waals surface area contributed by atoms with Crippen molar-refractivity contribution in [2.45, 2.75) is 76.8 Å². The van der Waals surface area contributed by atoms with Gasteiger partial charge in [-0.25, -0.2) is 0 Å². The molecule has 4 nitrogen and oxygen atoms in total. The van der Waals surface area contributed by atoms with E-state index in [1.807, 2.05) is 0 Å². The van der Waals surface area contributed by atoms with E-state index in [0.29, 0.717) is 31.0 Å². The fraction of sp³-hybridized carbons (Fsp3) is 0.905. The molecule has 1 aliphatic heterocycles. The van der Waals surface area contributed by atoms with Gasteiger partial charge in [0.25, 0.3) is 0 Å². The van der Waals surface area contributed by atoms with Gasteiger partial charge in [0.2, 0.25) is 0 Å². The molecule has 4 unspecified atom stereocenters. The highest BCUT2D eigenvalue weighted by Gasteiger charge is 2.68. The molecule has 25 heavy (non-hydrogen) atoms. The first-order valence-corrected chi connectivity index (χ1v) is 10.2. The molecule has 5 aliphatic rings. The summed E-state index contributed by atoms with van der Waals surface area (Å²) in [4.78, 5) is 0. The summed E-state index contributed by atoms with van der Waals surface area (Å²) < 4.78 is 12.3. The maximum absolute atomic E-state index is 11.3. The van der Waals surface area contributed by atoms with Crippen molar-refractivity contribution in [1.29, 1.82) is 0 Å². The van der Waals surface area contributed by atoms with Crippen LogP contribution in [0, 0.1) is 28.6 Å². The molecule has 5 rings (SSSR count). The average molecular weight is 348 g/mol. The molecule has 7 atom stereocenters. The largest absolute Gasteiger partial charge is 0.393 e. The lowest BCUT2D eigenvalue weighted by molar-refractivity contribution is -0.256. The quantitative estimate of drug-likeness (QED) is 0.661. The molecule has 4 heteroatoms. The summed E-state index contributed by atoms with van der Waals surface area (Å²) in [6, 6.07) is 0. The first kappa shape index (κ1) is 16.7. The second kappa shape index (κ2) is 5.31. The summed E-state index contributed by atoms with van der Waals surface area (Å²) in [5.74, 6) is 0.914. The van der Waals surface area contributed by atoms with Gasteiger partial charge in [0.1, 0.15) is 0 Å². The van der Waals surface area contributed by atoms with Gasteiger partial charge in [-0.1, -0.05) is 25.5 Å². The molecule has 0 radical (unpaired) electrons. The highest BCUT2D eigenvalue weighted by atomic mass is 16.7. The molecule has 0 aromatic rings. The highest BCUT2D eigenvalue weighted by molar-refractivity contribution is 5.27. The number of aliphatic hydroxyl groups excluding tert-OH is 2. The molecule has 140 valence electrons. The van der Waals surface area contributed by atoms with Crippen LogP contribution in [0.5, 0.6) is 0 Å². The Morgan fingerprint density at radius 1 is 1.08 bits per heavy atom. The Morgan fingerprint density at radius 3 is 2.60 bits per heavy atom. The van der Waals surface area contributed by atoms with E-state index in [1.54, 1.807) is 0 Å². The van der Waals surface area contributed by atoms with Gasteiger partial charge in [0.05, 0.1) is 25.4 Å². The first-order chi connectivity index (χ1) is 11.9. The Kier molecular flexibility index (Phi) is 3.55. The van der Waals surface area contributed by atoms with Gasteiger partial charge in [-0.3, -0.25) is 0 Å². The Balaban J connectivity index is 1.53. The fourth-order valence-electron chi connectivity index (χ4n) is 7.65. The molecular formula is C21H32O4. The van der Waals surface area contributed by atoms with E-state index in [1.165, 1.54) is 5.57 Å². The average Bonchev–Trinajstić information content (AvgIpc) is 3.15. The maximum atomic E-state index is 11.3. The second-order valence-corrected chi connectivity index (χ2v) is 9.75. The van der Waals surface area contributed by atoms with Crippen molar-refractivity contribution in [1.82, 2.24) is 0 Å². The van der Waals surface area contributed by atoms with E-state index in [2.05, 4.69) is 19.9 Å². The van der Waals surface area contributed by atoms with Crippen molar-refractivity contribution in [3.63, 3.8) is 0 Å². The standard InChI is InChI=1S/C21H32O4/c1-19-7-5-14(22)11-13(19)3-4-15-16-6-8-21(24-9-10-25-21)20(16,2)12-17(23)18(15)19/h3,14-18,22-23H,4-12H2,1-2H3/t14-,15?,16?,17?,18?,19-,20-/m0/s1. The predicted octanol–water partition coefficient (Wildman–Crippen LogP) is 3.02. The molecule has 1 saturated heterocycles. The lowest BCUT2D eigenvalue weighted by Crippen LogP contribution is -2.59. The number of ether oxygens (including phenoxy) is 2. The van der Waals surface area contributed by atoms with Crippen molar-refractivity contribution in [2.24, 2.45) is 28.6 Å². The van der Waals surface area contributed by atoms with Gasteiger partial charge in [0, 0.05) is 11.8 Å². The van der Waals surface area contributed by atoms with E-state index in [-0.39, 0.29) is 23.0 Å². The second-order valence-electron chi connectivity index (χ2n) is 9.75. The van der Waals surface area contributed by atoms with Crippen LogP contribution < -0.4 is 0 Å². The van der Waals surface area contributed by atoms with Gasteiger partial charge in [-0.2, -0.15) is 0 Å². The minimum Gasteiger partial charge on any atom is -0.393 e. The van der Waals surface area contributed by atoms with Crippen LogP contribution in [-0.2, 0) is 9.47 Å². The van der Waals surface area contributed by atoms with Gasteiger partial charge < -0.3 is 19.7 Å². The van der Waals surface area contributed by atoms with Crippen molar-refractivity contribution in [3.8, 4) is 0 Å². The minimum absolute atomic E-state index is 0.0516. The van der Waals surface area contributed by atoms with Gasteiger partial charge >= 0.3 is 0 Å². The Morgan fingerprint density at radius 2 is 1.84 bits per heavy atom. The van der Waals surface area contributed by atoms with Crippen molar-refractivity contribution in [3.05, 3.63) is 11.6 Å². The van der Waals surface area contributed by atoms with Crippen molar-refractivity contribution in [2.75, 3.05) is 13.2 Å².